The summed E-state index contributed by atoms with van der Waals surface area (Å²) < 4.78 is 43.5. The summed E-state index contributed by atoms with van der Waals surface area (Å²) in [5, 5.41) is 0.0764. The Kier molecular flexibility index (Phi) is 6.78. The third-order valence-electron chi connectivity index (χ3n) is 5.22. The zero-order valence-electron chi connectivity index (χ0n) is 18.7. The van der Waals surface area contributed by atoms with E-state index in [-0.39, 0.29) is 23.7 Å². The van der Waals surface area contributed by atoms with Crippen LogP contribution in [-0.4, -0.2) is 82.0 Å². The van der Waals surface area contributed by atoms with E-state index in [1.807, 2.05) is 0 Å². The lowest BCUT2D eigenvalue weighted by Crippen LogP contribution is -2.36. The molecule has 0 bridgehead atoms. The lowest BCUT2D eigenvalue weighted by molar-refractivity contribution is -0.203. The first-order chi connectivity index (χ1) is 15.4. The SMILES string of the molecule is CCOC(=O)C(OC[C@H]1O[C@@H](n2cnc3c(Cl)nc(Cl)nc32)[C@@H]2OC(C)(C)O[C@@H]21)P(C)(C)=O. The first-order valence-electron chi connectivity index (χ1n) is 10.3. The summed E-state index contributed by atoms with van der Waals surface area (Å²) in [5.74, 6) is -2.78. The molecule has 33 heavy (non-hydrogen) atoms. The fourth-order valence-corrected chi connectivity index (χ4v) is 5.41. The van der Waals surface area contributed by atoms with Crippen LogP contribution < -0.4 is 0 Å². The minimum absolute atomic E-state index is 0.0356. The van der Waals surface area contributed by atoms with E-state index in [0.717, 1.165) is 0 Å². The van der Waals surface area contributed by atoms with Crippen LogP contribution in [0.5, 0.6) is 0 Å². The molecule has 2 fully saturated rings. The van der Waals surface area contributed by atoms with Crippen LogP contribution in [-0.2, 0) is 33.0 Å². The van der Waals surface area contributed by atoms with Gasteiger partial charge in [-0.25, -0.2) is 14.8 Å². The third kappa shape index (κ3) is 4.91. The molecule has 4 rings (SSSR count). The molecule has 5 atom stereocenters. The number of carbonyl (C=O) groups excluding carboxylic acids is 1. The van der Waals surface area contributed by atoms with Crippen molar-refractivity contribution in [3.05, 3.63) is 16.8 Å². The standard InChI is InChI=1S/C19H25Cl2N4O7P/c1-6-28-16(26)17(33(4,5)27)29-7-9-11-12(32-19(2,3)31-11)15(30-9)25-8-22-10-13(20)23-18(21)24-14(10)25/h8-9,11-12,15,17H,6-7H2,1-5H3/t9-,11-,12-,15-,17?/m1/s1. The van der Waals surface area contributed by atoms with Crippen molar-refractivity contribution in [1.29, 1.82) is 0 Å². The fourth-order valence-electron chi connectivity index (χ4n) is 3.96. The van der Waals surface area contributed by atoms with Gasteiger partial charge in [-0.1, -0.05) is 11.6 Å². The number of ether oxygens (including phenoxy) is 5. The second-order valence-electron chi connectivity index (χ2n) is 8.61. The molecule has 0 aromatic carbocycles. The van der Waals surface area contributed by atoms with Gasteiger partial charge in [0, 0.05) is 0 Å². The van der Waals surface area contributed by atoms with Crippen molar-refractivity contribution in [2.75, 3.05) is 26.5 Å². The fraction of sp³-hybridized carbons (Fsp3) is 0.684. The van der Waals surface area contributed by atoms with Crippen LogP contribution in [0.3, 0.4) is 0 Å². The second-order valence-corrected chi connectivity index (χ2v) is 12.6. The van der Waals surface area contributed by atoms with Gasteiger partial charge in [0.25, 0.3) is 0 Å². The molecule has 1 unspecified atom stereocenters. The van der Waals surface area contributed by atoms with Gasteiger partial charge in [0.15, 0.2) is 22.8 Å². The summed E-state index contributed by atoms with van der Waals surface area (Å²) in [6.45, 7) is 8.26. The third-order valence-corrected chi connectivity index (χ3v) is 7.14. The van der Waals surface area contributed by atoms with E-state index in [1.165, 1.54) is 19.7 Å². The molecule has 4 heterocycles. The van der Waals surface area contributed by atoms with Crippen LogP contribution in [0.25, 0.3) is 11.2 Å². The summed E-state index contributed by atoms with van der Waals surface area (Å²) in [4.78, 5) is 24.7. The Bertz CT molecular complexity index is 1110. The molecule has 2 aromatic heterocycles. The quantitative estimate of drug-likeness (QED) is 0.232. The van der Waals surface area contributed by atoms with Crippen molar-refractivity contribution in [3.8, 4) is 0 Å². The molecular weight excluding hydrogens is 498 g/mol. The van der Waals surface area contributed by atoms with Crippen LogP contribution >= 0.6 is 30.3 Å². The van der Waals surface area contributed by atoms with Gasteiger partial charge in [0.1, 0.15) is 31.0 Å². The highest BCUT2D eigenvalue weighted by Crippen LogP contribution is 2.46. The topological polar surface area (TPSA) is 124 Å². The zero-order valence-corrected chi connectivity index (χ0v) is 21.1. The monoisotopic (exact) mass is 522 g/mol. The Labute approximate surface area is 200 Å². The van der Waals surface area contributed by atoms with E-state index < -0.39 is 49.3 Å². The predicted octanol–water partition coefficient (Wildman–Crippen LogP) is 3.08. The van der Waals surface area contributed by atoms with Gasteiger partial charge in [0.2, 0.25) is 11.1 Å². The summed E-state index contributed by atoms with van der Waals surface area (Å²) in [5.41, 5.74) is 0.731. The smallest absolute Gasteiger partial charge is 0.342 e. The number of carbonyl (C=O) groups is 1. The molecule has 0 amide bonds. The van der Waals surface area contributed by atoms with Gasteiger partial charge < -0.3 is 28.2 Å². The lowest BCUT2D eigenvalue weighted by atomic mass is 10.1. The van der Waals surface area contributed by atoms with Gasteiger partial charge in [-0.05, 0) is 45.7 Å². The number of halogens is 2. The largest absolute Gasteiger partial charge is 0.464 e. The Morgan fingerprint density at radius 3 is 2.64 bits per heavy atom. The van der Waals surface area contributed by atoms with E-state index in [9.17, 15) is 9.36 Å². The first kappa shape index (κ1) is 24.8. The van der Waals surface area contributed by atoms with Crippen LogP contribution in [0, 0.1) is 0 Å². The molecule has 2 aliphatic heterocycles. The number of rotatable bonds is 7. The van der Waals surface area contributed by atoms with Crippen molar-refractivity contribution < 1.29 is 33.0 Å². The van der Waals surface area contributed by atoms with Gasteiger partial charge >= 0.3 is 5.97 Å². The Morgan fingerprint density at radius 2 is 1.97 bits per heavy atom. The Hall–Kier alpha value is -1.33. The molecule has 182 valence electrons. The average molecular weight is 523 g/mol. The molecule has 0 spiro atoms. The molecule has 0 N–H and O–H groups in total. The molecular formula is C19H25Cl2N4O7P. The molecule has 0 aliphatic carbocycles. The highest BCUT2D eigenvalue weighted by Gasteiger charge is 2.56. The van der Waals surface area contributed by atoms with Crippen molar-refractivity contribution in [1.82, 2.24) is 19.5 Å². The highest BCUT2D eigenvalue weighted by atomic mass is 35.5. The van der Waals surface area contributed by atoms with Crippen LogP contribution in [0.2, 0.25) is 10.4 Å². The van der Waals surface area contributed by atoms with Crippen molar-refractivity contribution >= 4 is 47.5 Å². The number of imidazole rings is 1. The summed E-state index contributed by atoms with van der Waals surface area (Å²) in [7, 11) is -2.96. The van der Waals surface area contributed by atoms with Gasteiger partial charge in [-0.3, -0.25) is 4.57 Å². The second kappa shape index (κ2) is 9.03. The van der Waals surface area contributed by atoms with Gasteiger partial charge in [-0.2, -0.15) is 4.98 Å². The number of hydrogen-bond acceptors (Lipinski definition) is 10. The normalized spacial score (nSPS) is 27.6. The maximum absolute atomic E-state index is 12.7. The van der Waals surface area contributed by atoms with E-state index in [1.54, 1.807) is 25.3 Å². The van der Waals surface area contributed by atoms with E-state index in [2.05, 4.69) is 15.0 Å². The van der Waals surface area contributed by atoms with Crippen LogP contribution in [0.15, 0.2) is 6.33 Å². The molecule has 2 aromatic rings. The van der Waals surface area contributed by atoms with Crippen molar-refractivity contribution in [3.63, 3.8) is 0 Å². The Balaban J connectivity index is 1.61. The van der Waals surface area contributed by atoms with Crippen molar-refractivity contribution in [2.24, 2.45) is 0 Å². The lowest BCUT2D eigenvalue weighted by Gasteiger charge is -2.26. The maximum Gasteiger partial charge on any atom is 0.342 e. The number of fused-ring (bicyclic) bond motifs is 2. The van der Waals surface area contributed by atoms with Crippen molar-refractivity contribution in [2.45, 2.75) is 56.9 Å². The van der Waals surface area contributed by atoms with E-state index in [4.69, 9.17) is 46.9 Å². The summed E-state index contributed by atoms with van der Waals surface area (Å²) in [6.07, 6.45) is -0.917. The molecule has 2 aliphatic rings. The number of esters is 1. The van der Waals surface area contributed by atoms with Gasteiger partial charge in [-0.15, -0.1) is 0 Å². The predicted molar refractivity (Wildman–Crippen MR) is 119 cm³/mol. The summed E-state index contributed by atoms with van der Waals surface area (Å²) >= 11 is 12.1. The van der Waals surface area contributed by atoms with E-state index in [0.29, 0.717) is 11.2 Å². The molecule has 0 saturated carbocycles. The molecule has 14 heteroatoms. The number of nitrogens with zero attached hydrogens (tertiary/aromatic N) is 4. The summed E-state index contributed by atoms with van der Waals surface area (Å²) in [6, 6.07) is 0. The Morgan fingerprint density at radius 1 is 1.27 bits per heavy atom. The van der Waals surface area contributed by atoms with E-state index >= 15 is 0 Å². The molecule has 11 nitrogen and oxygen atoms in total. The average Bonchev–Trinajstić information content (AvgIpc) is 3.32. The van der Waals surface area contributed by atoms with Crippen LogP contribution in [0.4, 0.5) is 0 Å². The van der Waals surface area contributed by atoms with Crippen LogP contribution in [0.1, 0.15) is 27.0 Å². The highest BCUT2D eigenvalue weighted by molar-refractivity contribution is 7.63. The minimum atomic E-state index is -2.96. The van der Waals surface area contributed by atoms with Gasteiger partial charge in [0.05, 0.1) is 19.5 Å². The molecule has 2 saturated heterocycles. The number of hydrogen-bond donors (Lipinski definition) is 0. The maximum atomic E-state index is 12.7. The first-order valence-corrected chi connectivity index (χ1v) is 13.7. The number of aromatic nitrogens is 4. The minimum Gasteiger partial charge on any atom is -0.464 e. The zero-order chi connectivity index (χ0) is 24.1. The molecule has 0 radical (unpaired) electrons.